The van der Waals surface area contributed by atoms with Crippen molar-refractivity contribution < 1.29 is 76.3 Å². The Kier molecular flexibility index (Phi) is 21.3. The van der Waals surface area contributed by atoms with Crippen LogP contribution in [0.3, 0.4) is 0 Å². The lowest BCUT2D eigenvalue weighted by Crippen LogP contribution is -2.61. The predicted molar refractivity (Wildman–Crippen MR) is 281 cm³/mol. The molecule has 0 bridgehead atoms. The van der Waals surface area contributed by atoms with E-state index in [-0.39, 0.29) is 36.1 Å². The average Bonchev–Trinajstić information content (AvgIpc) is 4.07. The standard InChI is InChI=1S/C54H91FN6O15S/c1-15-42-54(10,67)47(63)34(6)60(12)28-30(2)25-52(8,66)49(32(4)45(33(5)50(65)74-42)75-43-26-53(9,71-14)48(64)35(7)73-43)76-51-44(62)40(24-31(3)72-51)59(11)23-22-38-29-61(58-56-38)41(27-55)46(70-13)36-16-20-39(21-17-36)77(68,69)57-37-18-19-37/h16-17,20-21,29-35,37,40-49,51,57,62-64,66-67H,15,18-19,22-28H2,1-14H3/t30-,31-,32+,33-,34-,35+,40+,41-,42-,43+,44-,45+,46-,47-,48+,49-,51+,52-,53-,54-/m1/s1. The molecule has 0 spiro atoms. The van der Waals surface area contributed by atoms with E-state index in [0.717, 1.165) is 12.8 Å². The van der Waals surface area contributed by atoms with Gasteiger partial charge in [-0.15, -0.1) is 5.10 Å². The number of sulfonamides is 1. The Balaban J connectivity index is 1.25. The molecule has 77 heavy (non-hydrogen) atoms. The van der Waals surface area contributed by atoms with Gasteiger partial charge in [0.05, 0.1) is 52.1 Å². The second-order valence-electron chi connectivity index (χ2n) is 23.5. The number of benzene rings is 1. The van der Waals surface area contributed by atoms with Gasteiger partial charge >= 0.3 is 5.97 Å². The number of nitrogens with zero attached hydrogens (tertiary/aromatic N) is 5. The van der Waals surface area contributed by atoms with Gasteiger partial charge in [0.15, 0.2) is 12.6 Å². The van der Waals surface area contributed by atoms with Gasteiger partial charge in [-0.05, 0) is 118 Å². The smallest absolute Gasteiger partial charge is 0.311 e. The number of methoxy groups -OCH3 is 2. The SMILES string of the molecule is CC[C@H]1OC(=O)[C@H](C)[C@@H](O[C@H]2C[C@@](C)(OC)[C@@H](O)[C@H](C)O2)[C@H](C)[C@@H](O[C@@H]2O[C@H](C)C[C@H](N(C)CCc3cn([C@H](CF)[C@H](OC)c4ccc(S(=O)(=O)NC5CC5)cc4)nn3)[C@H]2O)[C@](C)(O)C[C@@H](C)CN(C)[C@H](C)[C@@H](O)[C@]1(C)O. The fourth-order valence-electron chi connectivity index (χ4n) is 11.8. The highest BCUT2D eigenvalue weighted by atomic mass is 32.2. The second-order valence-corrected chi connectivity index (χ2v) is 25.2. The second kappa shape index (κ2) is 25.9. The fraction of sp³-hybridized carbons (Fsp3) is 0.833. The molecule has 0 amide bonds. The van der Waals surface area contributed by atoms with Gasteiger partial charge in [0.1, 0.15) is 48.8 Å². The number of cyclic esters (lactones) is 1. The van der Waals surface area contributed by atoms with Crippen molar-refractivity contribution in [1.82, 2.24) is 29.5 Å². The summed E-state index contributed by atoms with van der Waals surface area (Å²) in [6.45, 7) is 17.2. The first-order valence-corrected chi connectivity index (χ1v) is 28.9. The van der Waals surface area contributed by atoms with Crippen LogP contribution < -0.4 is 4.72 Å². The molecule has 6 N–H and O–H groups in total. The number of nitrogens with one attached hydrogen (secondary N) is 1. The summed E-state index contributed by atoms with van der Waals surface area (Å²) >= 11 is 0. The highest BCUT2D eigenvalue weighted by Gasteiger charge is 2.53. The minimum Gasteiger partial charge on any atom is -0.459 e. The monoisotopic (exact) mass is 1110 g/mol. The van der Waals surface area contributed by atoms with E-state index < -0.39 is 137 Å². The number of carbonyl (C=O) groups is 1. The number of halogens is 1. The number of esters is 1. The average molecular weight is 1120 g/mol. The molecule has 23 heteroatoms. The summed E-state index contributed by atoms with van der Waals surface area (Å²) in [7, 11) is 2.92. The molecule has 1 aromatic heterocycles. The Morgan fingerprint density at radius 3 is 2.23 bits per heavy atom. The highest BCUT2D eigenvalue weighted by Crippen LogP contribution is 2.41. The van der Waals surface area contributed by atoms with E-state index in [9.17, 15) is 43.1 Å². The lowest BCUT2D eigenvalue weighted by atomic mass is 9.77. The van der Waals surface area contributed by atoms with Crippen molar-refractivity contribution in [2.24, 2.45) is 17.8 Å². The van der Waals surface area contributed by atoms with E-state index in [1.165, 1.54) is 38.0 Å². The molecule has 6 rings (SSSR count). The van der Waals surface area contributed by atoms with Gasteiger partial charge in [0.2, 0.25) is 10.0 Å². The number of ether oxygens (including phenoxy) is 7. The van der Waals surface area contributed by atoms with Crippen LogP contribution in [0.4, 0.5) is 4.39 Å². The number of carbonyl (C=O) groups excluding carboxylic acids is 1. The summed E-state index contributed by atoms with van der Waals surface area (Å²) in [5, 5.41) is 68.5. The molecule has 1 aromatic carbocycles. The maximum atomic E-state index is 14.9. The van der Waals surface area contributed by atoms with Gasteiger partial charge in [-0.2, -0.15) is 0 Å². The Morgan fingerprint density at radius 2 is 1.64 bits per heavy atom. The summed E-state index contributed by atoms with van der Waals surface area (Å²) in [5.74, 6) is -2.95. The van der Waals surface area contributed by atoms with Crippen LogP contribution in [0.1, 0.15) is 131 Å². The van der Waals surface area contributed by atoms with E-state index in [1.54, 1.807) is 66.8 Å². The molecule has 440 valence electrons. The number of alkyl halides is 1. The van der Waals surface area contributed by atoms with Gasteiger partial charge in [0.25, 0.3) is 0 Å². The normalized spacial score (nSPS) is 39.4. The lowest BCUT2D eigenvalue weighted by molar-refractivity contribution is -0.318. The van der Waals surface area contributed by atoms with Crippen LogP contribution in [0.5, 0.6) is 0 Å². The van der Waals surface area contributed by atoms with E-state index >= 15 is 0 Å². The Labute approximate surface area is 455 Å². The zero-order valence-electron chi connectivity index (χ0n) is 47.7. The first-order valence-electron chi connectivity index (χ1n) is 27.4. The number of hydrogen-bond donors (Lipinski definition) is 6. The van der Waals surface area contributed by atoms with Crippen LogP contribution in [0.15, 0.2) is 35.4 Å². The molecule has 2 aromatic rings. The maximum Gasteiger partial charge on any atom is 0.311 e. The summed E-state index contributed by atoms with van der Waals surface area (Å²) in [4.78, 5) is 18.5. The number of aromatic nitrogens is 3. The third-order valence-corrected chi connectivity index (χ3v) is 18.4. The minimum atomic E-state index is -3.68. The van der Waals surface area contributed by atoms with E-state index in [1.807, 2.05) is 37.7 Å². The van der Waals surface area contributed by atoms with Crippen molar-refractivity contribution in [1.29, 1.82) is 0 Å². The van der Waals surface area contributed by atoms with Crippen molar-refractivity contribution in [3.05, 3.63) is 41.7 Å². The Hall–Kier alpha value is -2.85. The molecule has 3 aliphatic heterocycles. The van der Waals surface area contributed by atoms with Gasteiger partial charge in [-0.1, -0.05) is 38.1 Å². The lowest BCUT2D eigenvalue weighted by Gasteiger charge is -2.49. The molecule has 0 radical (unpaired) electrons. The van der Waals surface area contributed by atoms with E-state index in [4.69, 9.17) is 33.2 Å². The molecule has 4 heterocycles. The number of hydrogen-bond acceptors (Lipinski definition) is 19. The molecule has 3 saturated heterocycles. The van der Waals surface area contributed by atoms with E-state index in [2.05, 4.69) is 15.0 Å². The number of rotatable bonds is 18. The highest BCUT2D eigenvalue weighted by molar-refractivity contribution is 7.89. The first-order chi connectivity index (χ1) is 36.0. The summed E-state index contributed by atoms with van der Waals surface area (Å²) < 4.78 is 88.6. The van der Waals surface area contributed by atoms with Crippen LogP contribution in [0.2, 0.25) is 0 Å². The van der Waals surface area contributed by atoms with Gasteiger partial charge in [-0.3, -0.25) is 4.79 Å². The topological polar surface area (TPSA) is 266 Å². The zero-order chi connectivity index (χ0) is 57.1. The largest absolute Gasteiger partial charge is 0.459 e. The molecule has 21 nitrogen and oxygen atoms in total. The molecule has 4 aliphatic rings. The minimum absolute atomic E-state index is 0.0522. The Morgan fingerprint density at radius 1 is 0.974 bits per heavy atom. The molecule has 0 unspecified atom stereocenters. The van der Waals surface area contributed by atoms with Crippen molar-refractivity contribution in [2.75, 3.05) is 48.1 Å². The maximum absolute atomic E-state index is 14.9. The van der Waals surface area contributed by atoms with Gasteiger partial charge in [-0.25, -0.2) is 22.2 Å². The van der Waals surface area contributed by atoms with Crippen LogP contribution in [0, 0.1) is 17.8 Å². The number of likely N-dealkylation sites (N-methyl/N-ethyl adjacent to an activating group) is 2. The molecular weight excluding hydrogens is 1020 g/mol. The van der Waals surface area contributed by atoms with E-state index in [0.29, 0.717) is 37.2 Å². The number of aliphatic hydroxyl groups excluding tert-OH is 3. The third-order valence-electron chi connectivity index (χ3n) is 16.9. The van der Waals surface area contributed by atoms with Crippen molar-refractivity contribution in [2.45, 2.75) is 228 Å². The fourth-order valence-corrected chi connectivity index (χ4v) is 13.1. The Bertz CT molecular complexity index is 2310. The zero-order valence-corrected chi connectivity index (χ0v) is 48.5. The van der Waals surface area contributed by atoms with Gasteiger partial charge < -0.3 is 68.5 Å². The molecular formula is C54H91FN6O15S. The molecule has 4 fully saturated rings. The van der Waals surface area contributed by atoms with Crippen molar-refractivity contribution in [3.8, 4) is 0 Å². The molecule has 1 saturated carbocycles. The van der Waals surface area contributed by atoms with Crippen LogP contribution >= 0.6 is 0 Å². The van der Waals surface area contributed by atoms with Gasteiger partial charge in [0, 0.05) is 70.4 Å². The predicted octanol–water partition coefficient (Wildman–Crippen LogP) is 3.44. The first kappa shape index (κ1) is 63.3. The summed E-state index contributed by atoms with van der Waals surface area (Å²) in [6, 6.07) is 4.06. The molecule has 20 atom stereocenters. The summed E-state index contributed by atoms with van der Waals surface area (Å²) in [5.41, 5.74) is -3.53. The number of aliphatic hydroxyl groups is 5. The van der Waals surface area contributed by atoms with Crippen molar-refractivity contribution >= 4 is 16.0 Å². The summed E-state index contributed by atoms with van der Waals surface area (Å²) in [6.07, 6.45) is -6.95. The molecule has 1 aliphatic carbocycles. The third kappa shape index (κ3) is 14.8. The van der Waals surface area contributed by atoms with Crippen LogP contribution in [-0.2, 0) is 54.4 Å². The van der Waals surface area contributed by atoms with Crippen molar-refractivity contribution in [3.63, 3.8) is 0 Å². The quantitative estimate of drug-likeness (QED) is 0.117. The van der Waals surface area contributed by atoms with Crippen LogP contribution in [-0.4, -0.2) is 209 Å². The van der Waals surface area contributed by atoms with Crippen LogP contribution in [0.25, 0.3) is 0 Å².